The predicted molar refractivity (Wildman–Crippen MR) is 107 cm³/mol. The molecule has 6 nitrogen and oxygen atoms in total. The highest BCUT2D eigenvalue weighted by atomic mass is 32.2. The number of aryl methyl sites for hydroxylation is 1. The summed E-state index contributed by atoms with van der Waals surface area (Å²) in [6, 6.07) is 11.9. The smallest absolute Gasteiger partial charge is 0.335 e. The van der Waals surface area contributed by atoms with Crippen molar-refractivity contribution < 1.29 is 23.1 Å². The molecule has 7 heteroatoms. The Bertz CT molecular complexity index is 1090. The van der Waals surface area contributed by atoms with Gasteiger partial charge in [0.25, 0.3) is 0 Å². The Morgan fingerprint density at radius 2 is 1.83 bits per heavy atom. The zero-order valence-corrected chi connectivity index (χ0v) is 17.0. The number of fused-ring (bicyclic) bond motifs is 1. The summed E-state index contributed by atoms with van der Waals surface area (Å²) in [5.74, 6) is -0.847. The van der Waals surface area contributed by atoms with E-state index in [0.29, 0.717) is 19.5 Å². The summed E-state index contributed by atoms with van der Waals surface area (Å²) in [4.78, 5) is 26.6. The normalized spacial score (nSPS) is 21.4. The molecular weight excluding hydrogens is 390 g/mol. The largest absolute Gasteiger partial charge is 0.478 e. The van der Waals surface area contributed by atoms with Crippen molar-refractivity contribution in [1.29, 1.82) is 0 Å². The van der Waals surface area contributed by atoms with Gasteiger partial charge in [-0.3, -0.25) is 4.79 Å². The third kappa shape index (κ3) is 3.67. The third-order valence-electron chi connectivity index (χ3n) is 6.18. The number of likely N-dealkylation sites (tertiary alicyclic amines) is 1. The van der Waals surface area contributed by atoms with Gasteiger partial charge in [-0.1, -0.05) is 18.2 Å². The fourth-order valence-electron chi connectivity index (χ4n) is 4.50. The van der Waals surface area contributed by atoms with Crippen LogP contribution < -0.4 is 0 Å². The number of hydrogen-bond acceptors (Lipinski definition) is 4. The summed E-state index contributed by atoms with van der Waals surface area (Å²) in [5.41, 5.74) is 2.78. The van der Waals surface area contributed by atoms with Crippen LogP contribution >= 0.6 is 0 Å². The number of sulfone groups is 1. The molecule has 2 aliphatic rings. The number of carboxylic acids is 1. The number of amides is 1. The lowest BCUT2D eigenvalue weighted by atomic mass is 9.70. The first kappa shape index (κ1) is 19.6. The molecule has 1 atom stereocenters. The highest BCUT2D eigenvalue weighted by molar-refractivity contribution is 7.90. The lowest BCUT2D eigenvalue weighted by molar-refractivity contribution is -0.137. The van der Waals surface area contributed by atoms with E-state index in [-0.39, 0.29) is 16.4 Å². The van der Waals surface area contributed by atoms with E-state index in [1.54, 1.807) is 36.4 Å². The zero-order chi connectivity index (χ0) is 20.8. The summed E-state index contributed by atoms with van der Waals surface area (Å²) in [6.07, 6.45) is 4.05. The summed E-state index contributed by atoms with van der Waals surface area (Å²) in [6.45, 7) is 1.10. The van der Waals surface area contributed by atoms with Crippen LogP contribution in [-0.4, -0.2) is 43.1 Å². The van der Waals surface area contributed by atoms with Crippen LogP contribution in [0, 0.1) is 5.41 Å². The van der Waals surface area contributed by atoms with Crippen LogP contribution in [0.2, 0.25) is 0 Å². The minimum atomic E-state index is -3.24. The van der Waals surface area contributed by atoms with E-state index >= 15 is 0 Å². The maximum absolute atomic E-state index is 13.3. The van der Waals surface area contributed by atoms with Crippen molar-refractivity contribution in [2.75, 3.05) is 12.8 Å². The molecule has 1 saturated heterocycles. The number of carboxylic acid groups (broad SMARTS) is 1. The first-order chi connectivity index (χ1) is 13.7. The van der Waals surface area contributed by atoms with Crippen molar-refractivity contribution in [3.8, 4) is 0 Å². The minimum Gasteiger partial charge on any atom is -0.478 e. The van der Waals surface area contributed by atoms with Crippen LogP contribution in [0.25, 0.3) is 0 Å². The van der Waals surface area contributed by atoms with Crippen LogP contribution in [-0.2, 0) is 34.0 Å². The average Bonchev–Trinajstić information content (AvgIpc) is 2.96. The molecule has 1 unspecified atom stereocenters. The van der Waals surface area contributed by atoms with Gasteiger partial charge in [-0.05, 0) is 66.6 Å². The molecule has 0 saturated carbocycles. The van der Waals surface area contributed by atoms with E-state index in [4.69, 9.17) is 0 Å². The SMILES string of the molecule is CS(=O)(=O)c1ccc(CN2CCC3(CCc4ccc(C(=O)O)cc4C3)C2=O)cc1. The minimum absolute atomic E-state index is 0.107. The second kappa shape index (κ2) is 6.99. The van der Waals surface area contributed by atoms with Crippen molar-refractivity contribution in [1.82, 2.24) is 4.90 Å². The lowest BCUT2D eigenvalue weighted by Crippen LogP contribution is -2.38. The Hall–Kier alpha value is -2.67. The number of rotatable bonds is 4. The van der Waals surface area contributed by atoms with Crippen molar-refractivity contribution >= 4 is 21.7 Å². The molecule has 0 bridgehead atoms. The standard InChI is InChI=1S/C22H23NO5S/c1-29(27,28)19-6-2-15(3-7-19)14-23-11-10-22(21(23)26)9-8-16-4-5-17(20(24)25)12-18(16)13-22/h2-7,12H,8-11,13-14H2,1H3,(H,24,25). The number of carbonyl (C=O) groups excluding carboxylic acids is 1. The predicted octanol–water partition coefficient (Wildman–Crippen LogP) is 2.70. The van der Waals surface area contributed by atoms with E-state index in [0.717, 1.165) is 36.0 Å². The topological polar surface area (TPSA) is 91.8 Å². The summed E-state index contributed by atoms with van der Waals surface area (Å²) in [5, 5.41) is 9.26. The molecule has 1 aliphatic carbocycles. The fraction of sp³-hybridized carbons (Fsp3) is 0.364. The number of hydrogen-bond donors (Lipinski definition) is 1. The van der Waals surface area contributed by atoms with Crippen molar-refractivity contribution in [2.45, 2.75) is 37.1 Å². The summed E-state index contributed by atoms with van der Waals surface area (Å²) in [7, 11) is -3.24. The quantitative estimate of drug-likeness (QED) is 0.832. The Balaban J connectivity index is 1.52. The van der Waals surface area contributed by atoms with Gasteiger partial charge in [0.05, 0.1) is 15.9 Å². The molecule has 29 heavy (non-hydrogen) atoms. The third-order valence-corrected chi connectivity index (χ3v) is 7.31. The first-order valence-corrected chi connectivity index (χ1v) is 11.5. The van der Waals surface area contributed by atoms with Gasteiger partial charge in [-0.2, -0.15) is 0 Å². The molecule has 1 amide bonds. The molecule has 0 radical (unpaired) electrons. The molecule has 0 aromatic heterocycles. The van der Waals surface area contributed by atoms with Gasteiger partial charge in [0, 0.05) is 19.3 Å². The highest BCUT2D eigenvalue weighted by Crippen LogP contribution is 2.44. The van der Waals surface area contributed by atoms with Crippen molar-refractivity contribution in [3.63, 3.8) is 0 Å². The zero-order valence-electron chi connectivity index (χ0n) is 16.2. The Morgan fingerprint density at radius 3 is 2.48 bits per heavy atom. The summed E-state index contributed by atoms with van der Waals surface area (Å²) < 4.78 is 23.2. The van der Waals surface area contributed by atoms with Crippen LogP contribution in [0.4, 0.5) is 0 Å². The van der Waals surface area contributed by atoms with Gasteiger partial charge in [0.1, 0.15) is 0 Å². The van der Waals surface area contributed by atoms with Crippen LogP contribution in [0.15, 0.2) is 47.4 Å². The molecule has 1 aliphatic heterocycles. The molecule has 1 heterocycles. The highest BCUT2D eigenvalue weighted by Gasteiger charge is 2.48. The van der Waals surface area contributed by atoms with Crippen LogP contribution in [0.3, 0.4) is 0 Å². The van der Waals surface area contributed by atoms with E-state index in [2.05, 4.69) is 0 Å². The number of benzene rings is 2. The molecule has 2 aromatic carbocycles. The van der Waals surface area contributed by atoms with Gasteiger partial charge >= 0.3 is 5.97 Å². The number of aromatic carboxylic acids is 1. The van der Waals surface area contributed by atoms with Gasteiger partial charge in [0.2, 0.25) is 5.91 Å². The molecule has 1 spiro atoms. The monoisotopic (exact) mass is 413 g/mol. The number of nitrogens with zero attached hydrogens (tertiary/aromatic N) is 1. The van der Waals surface area contributed by atoms with Crippen LogP contribution in [0.5, 0.6) is 0 Å². The first-order valence-electron chi connectivity index (χ1n) is 9.61. The van der Waals surface area contributed by atoms with Crippen molar-refractivity contribution in [3.05, 3.63) is 64.7 Å². The maximum Gasteiger partial charge on any atom is 0.335 e. The van der Waals surface area contributed by atoms with Gasteiger partial charge in [-0.15, -0.1) is 0 Å². The van der Waals surface area contributed by atoms with Gasteiger partial charge in [0.15, 0.2) is 9.84 Å². The van der Waals surface area contributed by atoms with Gasteiger partial charge < -0.3 is 10.0 Å². The average molecular weight is 413 g/mol. The van der Waals surface area contributed by atoms with E-state index in [9.17, 15) is 23.1 Å². The lowest BCUT2D eigenvalue weighted by Gasteiger charge is -2.33. The summed E-state index contributed by atoms with van der Waals surface area (Å²) >= 11 is 0. The Morgan fingerprint density at radius 1 is 1.10 bits per heavy atom. The molecule has 1 N–H and O–H groups in total. The van der Waals surface area contributed by atoms with Crippen molar-refractivity contribution in [2.24, 2.45) is 5.41 Å². The second-order valence-corrected chi connectivity index (χ2v) is 10.2. The van der Waals surface area contributed by atoms with E-state index in [1.165, 1.54) is 6.26 Å². The second-order valence-electron chi connectivity index (χ2n) is 8.14. The molecule has 1 fully saturated rings. The molecular formula is C22H23NO5S. The Kier molecular flexibility index (Phi) is 4.73. The van der Waals surface area contributed by atoms with Gasteiger partial charge in [-0.25, -0.2) is 13.2 Å². The van der Waals surface area contributed by atoms with Crippen LogP contribution in [0.1, 0.15) is 39.9 Å². The molecule has 152 valence electrons. The molecule has 2 aromatic rings. The molecule has 4 rings (SSSR count). The Labute approximate surface area is 170 Å². The number of carbonyl (C=O) groups is 2. The fourth-order valence-corrected chi connectivity index (χ4v) is 5.13. The van der Waals surface area contributed by atoms with E-state index in [1.807, 2.05) is 11.0 Å². The van der Waals surface area contributed by atoms with E-state index < -0.39 is 21.2 Å². The maximum atomic E-state index is 13.3.